The van der Waals surface area contributed by atoms with E-state index in [0.717, 1.165) is 154 Å². The molecule has 0 rings (SSSR count). The molecule has 0 aromatic rings. The number of ether oxygens (including phenoxy) is 4. The second-order valence-electron chi connectivity index (χ2n) is 26.3. The summed E-state index contributed by atoms with van der Waals surface area (Å²) in [6.45, 7) is 4.86. The zero-order valence-corrected chi connectivity index (χ0v) is 63.1. The molecule has 0 aliphatic heterocycles. The highest BCUT2D eigenvalue weighted by atomic mass is 31.2. The molecule has 0 amide bonds. The number of unbranched alkanes of at least 4 members (excludes halogenated alkanes) is 40. The summed E-state index contributed by atoms with van der Waals surface area (Å²) >= 11 is 0. The number of carbonyl (C=O) groups excluding carboxylic acids is 4. The molecule has 0 aliphatic carbocycles. The quantitative estimate of drug-likeness (QED) is 0.0169. The van der Waals surface area contributed by atoms with Gasteiger partial charge in [-0.1, -0.05) is 256 Å². The fourth-order valence-corrected chi connectivity index (χ4v) is 12.3. The van der Waals surface area contributed by atoms with Gasteiger partial charge in [-0.25, -0.2) is 9.13 Å². The van der Waals surface area contributed by atoms with Gasteiger partial charge < -0.3 is 33.8 Å². The third-order valence-electron chi connectivity index (χ3n) is 16.7. The summed E-state index contributed by atoms with van der Waals surface area (Å²) in [6, 6.07) is 0. The van der Waals surface area contributed by atoms with Crippen molar-refractivity contribution in [1.82, 2.24) is 0 Å². The minimum absolute atomic E-state index is 0.0879. The zero-order chi connectivity index (χ0) is 70.4. The first-order valence-electron chi connectivity index (χ1n) is 38.9. The highest BCUT2D eigenvalue weighted by Gasteiger charge is 2.30. The highest BCUT2D eigenvalue weighted by Crippen LogP contribution is 2.45. The molecule has 96 heavy (non-hydrogen) atoms. The van der Waals surface area contributed by atoms with Crippen LogP contribution in [0.4, 0.5) is 0 Å². The van der Waals surface area contributed by atoms with Crippen molar-refractivity contribution in [3.05, 3.63) is 48.6 Å². The molecule has 2 unspecified atom stereocenters. The molecule has 0 aliphatic rings. The molecule has 0 aromatic carbocycles. The molecule has 0 heterocycles. The Kier molecular flexibility index (Phi) is 68.3. The lowest BCUT2D eigenvalue weighted by Gasteiger charge is -2.21. The maximum atomic E-state index is 13.1. The Morgan fingerprint density at radius 2 is 0.479 bits per heavy atom. The van der Waals surface area contributed by atoms with E-state index in [0.29, 0.717) is 25.7 Å². The lowest BCUT2D eigenvalue weighted by atomic mass is 10.1. The number of hydrogen-bond acceptors (Lipinski definition) is 15. The van der Waals surface area contributed by atoms with Crippen LogP contribution in [-0.4, -0.2) is 96.7 Å². The summed E-state index contributed by atoms with van der Waals surface area (Å²) in [7, 11) is -9.94. The number of carbonyl (C=O) groups is 4. The monoisotopic (exact) mass is 1400 g/mol. The van der Waals surface area contributed by atoms with Crippen LogP contribution in [0.25, 0.3) is 0 Å². The molecular weight excluding hydrogens is 1260 g/mol. The molecule has 17 nitrogen and oxygen atoms in total. The summed E-state index contributed by atoms with van der Waals surface area (Å²) in [5.74, 6) is -2.18. The molecule has 0 saturated heterocycles. The number of phosphoric ester groups is 2. The van der Waals surface area contributed by atoms with Gasteiger partial charge in [0.2, 0.25) is 0 Å². The van der Waals surface area contributed by atoms with Crippen molar-refractivity contribution in [2.45, 2.75) is 380 Å². The normalized spacial score (nSPS) is 14.2. The molecule has 0 bridgehead atoms. The Morgan fingerprint density at radius 3 is 0.729 bits per heavy atom. The molecule has 562 valence electrons. The second kappa shape index (κ2) is 70.5. The van der Waals surface area contributed by atoms with Crippen LogP contribution in [0, 0.1) is 0 Å². The van der Waals surface area contributed by atoms with Gasteiger partial charge in [-0.2, -0.15) is 0 Å². The van der Waals surface area contributed by atoms with Gasteiger partial charge in [-0.15, -0.1) is 0 Å². The van der Waals surface area contributed by atoms with Gasteiger partial charge in [0.25, 0.3) is 0 Å². The molecule has 19 heteroatoms. The van der Waals surface area contributed by atoms with E-state index in [1.54, 1.807) is 0 Å². The molecule has 0 radical (unpaired) electrons. The molecular formula is C77H142O17P2. The van der Waals surface area contributed by atoms with E-state index in [1.165, 1.54) is 128 Å². The van der Waals surface area contributed by atoms with Crippen LogP contribution < -0.4 is 0 Å². The fraction of sp³-hybridized carbons (Fsp3) is 0.844. The Morgan fingerprint density at radius 1 is 0.281 bits per heavy atom. The summed E-state index contributed by atoms with van der Waals surface area (Å²) in [5, 5.41) is 10.6. The van der Waals surface area contributed by atoms with Crippen molar-refractivity contribution in [3.8, 4) is 0 Å². The van der Waals surface area contributed by atoms with Gasteiger partial charge in [0.1, 0.15) is 19.3 Å². The van der Waals surface area contributed by atoms with Gasteiger partial charge >= 0.3 is 39.5 Å². The van der Waals surface area contributed by atoms with Gasteiger partial charge in [0.15, 0.2) is 12.2 Å². The molecule has 5 atom stereocenters. The minimum Gasteiger partial charge on any atom is -0.462 e. The lowest BCUT2D eigenvalue weighted by Crippen LogP contribution is -2.30. The summed E-state index contributed by atoms with van der Waals surface area (Å²) in [5.41, 5.74) is 0. The predicted octanol–water partition coefficient (Wildman–Crippen LogP) is 22.1. The second-order valence-corrected chi connectivity index (χ2v) is 29.2. The Balaban J connectivity index is 5.33. The fourth-order valence-electron chi connectivity index (χ4n) is 10.7. The Hall–Kier alpha value is -2.98. The molecule has 0 spiro atoms. The average Bonchev–Trinajstić information content (AvgIpc) is 1.22. The number of phosphoric acid groups is 2. The number of aliphatic hydroxyl groups is 1. The third-order valence-corrected chi connectivity index (χ3v) is 18.6. The first kappa shape index (κ1) is 93.0. The van der Waals surface area contributed by atoms with Crippen LogP contribution in [0.5, 0.6) is 0 Å². The van der Waals surface area contributed by atoms with E-state index in [4.69, 9.17) is 37.0 Å². The number of rotatable bonds is 74. The van der Waals surface area contributed by atoms with Crippen LogP contribution in [0.2, 0.25) is 0 Å². The highest BCUT2D eigenvalue weighted by molar-refractivity contribution is 7.47. The minimum atomic E-state index is -4.97. The first-order valence-corrected chi connectivity index (χ1v) is 41.9. The van der Waals surface area contributed by atoms with Gasteiger partial charge in [-0.3, -0.25) is 37.3 Å². The van der Waals surface area contributed by atoms with Crippen molar-refractivity contribution in [2.24, 2.45) is 0 Å². The van der Waals surface area contributed by atoms with Gasteiger partial charge in [0, 0.05) is 25.7 Å². The smallest absolute Gasteiger partial charge is 0.462 e. The number of aliphatic hydroxyl groups excluding tert-OH is 1. The number of esters is 4. The Bertz CT molecular complexity index is 2010. The van der Waals surface area contributed by atoms with E-state index in [2.05, 4.69) is 76.3 Å². The van der Waals surface area contributed by atoms with E-state index < -0.39 is 97.5 Å². The van der Waals surface area contributed by atoms with Crippen LogP contribution in [0.3, 0.4) is 0 Å². The SMILES string of the molecule is CCCCCC/C=C\CCCCCCCC(=O)OC[C@H](COP(=O)(O)OC[C@@H](O)COP(=O)(O)OC[C@@H](COC(=O)CCCCCCC/C=C\CCCCCCCC)OC(=O)CCCCCCC/C=C\CCCCCC)OC(=O)CCCCCCC/C=C\CCCCCCCC. The van der Waals surface area contributed by atoms with Crippen LogP contribution in [0.1, 0.15) is 362 Å². The number of allylic oxidation sites excluding steroid dienone is 8. The summed E-state index contributed by atoms with van der Waals surface area (Å²) in [6.07, 6.45) is 66.6. The first-order chi connectivity index (χ1) is 46.7. The summed E-state index contributed by atoms with van der Waals surface area (Å²) < 4.78 is 68.5. The average molecular weight is 1400 g/mol. The van der Waals surface area contributed by atoms with Crippen molar-refractivity contribution in [3.63, 3.8) is 0 Å². The largest absolute Gasteiger partial charge is 0.472 e. The van der Waals surface area contributed by atoms with Crippen molar-refractivity contribution in [2.75, 3.05) is 39.6 Å². The van der Waals surface area contributed by atoms with Gasteiger partial charge in [-0.05, 0) is 128 Å². The topological polar surface area (TPSA) is 237 Å². The lowest BCUT2D eigenvalue weighted by molar-refractivity contribution is -0.161. The van der Waals surface area contributed by atoms with Crippen molar-refractivity contribution >= 4 is 39.5 Å². The zero-order valence-electron chi connectivity index (χ0n) is 61.3. The van der Waals surface area contributed by atoms with E-state index >= 15 is 0 Å². The van der Waals surface area contributed by atoms with E-state index in [-0.39, 0.29) is 25.7 Å². The predicted molar refractivity (Wildman–Crippen MR) is 390 cm³/mol. The molecule has 0 fully saturated rings. The summed E-state index contributed by atoms with van der Waals surface area (Å²) in [4.78, 5) is 72.8. The van der Waals surface area contributed by atoms with E-state index in [1.807, 2.05) is 0 Å². The molecule has 0 aromatic heterocycles. The van der Waals surface area contributed by atoms with Crippen molar-refractivity contribution < 1.29 is 80.2 Å². The molecule has 3 N–H and O–H groups in total. The van der Waals surface area contributed by atoms with Crippen LogP contribution in [0.15, 0.2) is 48.6 Å². The standard InChI is InChI=1S/C77H142O17P2/c1-5-9-13-17-21-25-29-33-35-39-42-46-50-54-58-62-75(80)88-68-72(93-76(81)63-59-55-51-47-43-38-32-28-24-20-16-12-8-4)69-91-95(83,84)89-65-71(78)66-90-96(85,86)92-70-73(67-87-74(79)61-57-53-49-45-41-37-31-27-23-19-15-11-7-3)94-77(82)64-60-56-52-48-44-40-36-34-30-26-22-18-14-10-6-2/h27-28,31-36,71-73,78H,5-26,29-30,37-70H2,1-4H3,(H,83,84)(H,85,86)/b31-27-,32-28-,35-33-,36-34-/t71-,72+,73+/m0/s1. The Labute approximate surface area is 585 Å². The van der Waals surface area contributed by atoms with Crippen molar-refractivity contribution in [1.29, 1.82) is 0 Å². The maximum absolute atomic E-state index is 13.1. The van der Waals surface area contributed by atoms with E-state index in [9.17, 15) is 43.2 Å². The molecule has 0 saturated carbocycles. The van der Waals surface area contributed by atoms with Crippen LogP contribution in [-0.2, 0) is 65.4 Å². The van der Waals surface area contributed by atoms with Crippen LogP contribution >= 0.6 is 15.6 Å². The number of hydrogen-bond donors (Lipinski definition) is 3. The van der Waals surface area contributed by atoms with Gasteiger partial charge in [0.05, 0.1) is 26.4 Å². The third kappa shape index (κ3) is 69.5. The maximum Gasteiger partial charge on any atom is 0.472 e.